The summed E-state index contributed by atoms with van der Waals surface area (Å²) in [6, 6.07) is 6.19. The van der Waals surface area contributed by atoms with Crippen LogP contribution >= 0.6 is 0 Å². The predicted molar refractivity (Wildman–Crippen MR) is 93.2 cm³/mol. The zero-order valence-electron chi connectivity index (χ0n) is 14.6. The summed E-state index contributed by atoms with van der Waals surface area (Å²) in [6.07, 6.45) is 3.54. The van der Waals surface area contributed by atoms with Gasteiger partial charge >= 0.3 is 0 Å². The molecule has 1 N–H and O–H groups in total. The first-order chi connectivity index (χ1) is 12.1. The number of hydrogen-bond acceptors (Lipinski definition) is 4. The minimum Gasteiger partial charge on any atom is -0.351 e. The minimum atomic E-state index is -0.300. The fourth-order valence-corrected chi connectivity index (χ4v) is 3.00. The van der Waals surface area contributed by atoms with Crippen molar-refractivity contribution in [2.45, 2.75) is 45.8 Å². The minimum absolute atomic E-state index is 0.100. The quantitative estimate of drug-likeness (QED) is 0.905. The molecule has 0 unspecified atom stereocenters. The Labute approximate surface area is 147 Å². The lowest BCUT2D eigenvalue weighted by atomic mass is 10.0. The van der Waals surface area contributed by atoms with Gasteiger partial charge in [0.2, 0.25) is 5.91 Å². The van der Waals surface area contributed by atoms with E-state index in [1.54, 1.807) is 18.2 Å². The number of carbonyl (C=O) groups excluding carboxylic acids is 1. The number of aryl methyl sites for hydroxylation is 1. The molecule has 2 heterocycles. The summed E-state index contributed by atoms with van der Waals surface area (Å²) >= 11 is 0. The van der Waals surface area contributed by atoms with E-state index in [2.05, 4.69) is 20.2 Å². The van der Waals surface area contributed by atoms with Gasteiger partial charge in [0.25, 0.3) is 0 Å². The van der Waals surface area contributed by atoms with Gasteiger partial charge in [0.15, 0.2) is 0 Å². The van der Waals surface area contributed by atoms with Gasteiger partial charge in [0, 0.05) is 37.8 Å². The Kier molecular flexibility index (Phi) is 5.38. The van der Waals surface area contributed by atoms with Crippen LogP contribution in [-0.2, 0) is 30.7 Å². The number of rotatable bonds is 5. The molecule has 132 valence electrons. The van der Waals surface area contributed by atoms with E-state index in [0.29, 0.717) is 12.1 Å². The molecule has 6 heteroatoms. The van der Waals surface area contributed by atoms with Crippen molar-refractivity contribution >= 4 is 5.91 Å². The fraction of sp³-hybridized carbons (Fsp3) is 0.421. The van der Waals surface area contributed by atoms with E-state index in [1.807, 2.05) is 20.0 Å². The summed E-state index contributed by atoms with van der Waals surface area (Å²) < 4.78 is 13.7. The highest BCUT2D eigenvalue weighted by molar-refractivity contribution is 5.81. The van der Waals surface area contributed by atoms with Gasteiger partial charge in [-0.05, 0) is 25.0 Å². The number of fused-ring (bicyclic) bond motifs is 1. The van der Waals surface area contributed by atoms with Crippen LogP contribution in [-0.4, -0.2) is 33.4 Å². The highest BCUT2D eigenvalue weighted by Crippen LogP contribution is 2.18. The molecule has 0 saturated carbocycles. The van der Waals surface area contributed by atoms with Crippen LogP contribution in [0.5, 0.6) is 0 Å². The molecule has 1 aromatic heterocycles. The van der Waals surface area contributed by atoms with Crippen LogP contribution in [0.15, 0.2) is 30.5 Å². The molecule has 5 nitrogen and oxygen atoms in total. The second-order valence-corrected chi connectivity index (χ2v) is 6.32. The largest absolute Gasteiger partial charge is 0.351 e. The SMILES string of the molecule is CCc1ncc2c(n1)CN([C@@H](C)C(=O)NCc1ccccc1F)CC2. The molecule has 1 atom stereocenters. The van der Waals surface area contributed by atoms with E-state index < -0.39 is 0 Å². The Morgan fingerprint density at radius 3 is 2.96 bits per heavy atom. The first-order valence-corrected chi connectivity index (χ1v) is 8.67. The van der Waals surface area contributed by atoms with Crippen LogP contribution < -0.4 is 5.32 Å². The Bertz CT molecular complexity index is 765. The number of hydrogen-bond donors (Lipinski definition) is 1. The zero-order chi connectivity index (χ0) is 17.8. The smallest absolute Gasteiger partial charge is 0.237 e. The number of carbonyl (C=O) groups is 1. The number of nitrogens with one attached hydrogen (secondary N) is 1. The van der Waals surface area contributed by atoms with Gasteiger partial charge in [-0.25, -0.2) is 14.4 Å². The van der Waals surface area contributed by atoms with Gasteiger partial charge < -0.3 is 5.32 Å². The maximum Gasteiger partial charge on any atom is 0.237 e. The third kappa shape index (κ3) is 4.02. The number of halogens is 1. The number of aromatic nitrogens is 2. The first-order valence-electron chi connectivity index (χ1n) is 8.67. The van der Waals surface area contributed by atoms with Crippen molar-refractivity contribution in [3.8, 4) is 0 Å². The number of nitrogens with zero attached hydrogens (tertiary/aromatic N) is 3. The Hall–Kier alpha value is -2.34. The van der Waals surface area contributed by atoms with Crippen molar-refractivity contribution in [2.24, 2.45) is 0 Å². The van der Waals surface area contributed by atoms with Crippen LogP contribution in [0.1, 0.15) is 36.5 Å². The molecule has 1 aliphatic heterocycles. The van der Waals surface area contributed by atoms with E-state index in [0.717, 1.165) is 36.5 Å². The monoisotopic (exact) mass is 342 g/mol. The molecule has 0 radical (unpaired) electrons. The topological polar surface area (TPSA) is 58.1 Å². The van der Waals surface area contributed by atoms with Crippen molar-refractivity contribution in [3.05, 3.63) is 58.9 Å². The van der Waals surface area contributed by atoms with E-state index in [9.17, 15) is 9.18 Å². The molecule has 0 bridgehead atoms. The van der Waals surface area contributed by atoms with E-state index >= 15 is 0 Å². The third-order valence-corrected chi connectivity index (χ3v) is 4.68. The summed E-state index contributed by atoms with van der Waals surface area (Å²) in [5.41, 5.74) is 2.66. The summed E-state index contributed by atoms with van der Waals surface area (Å²) in [7, 11) is 0. The van der Waals surface area contributed by atoms with Crippen LogP contribution in [0.4, 0.5) is 4.39 Å². The molecule has 0 fully saturated rings. The van der Waals surface area contributed by atoms with Gasteiger partial charge in [0.1, 0.15) is 11.6 Å². The van der Waals surface area contributed by atoms with Crippen molar-refractivity contribution in [3.63, 3.8) is 0 Å². The normalized spacial score (nSPS) is 15.5. The van der Waals surface area contributed by atoms with Crippen LogP contribution in [0, 0.1) is 5.82 Å². The summed E-state index contributed by atoms with van der Waals surface area (Å²) in [6.45, 7) is 5.53. The third-order valence-electron chi connectivity index (χ3n) is 4.68. The highest BCUT2D eigenvalue weighted by Gasteiger charge is 2.26. The summed E-state index contributed by atoms with van der Waals surface area (Å²) in [5.74, 6) is 0.430. The lowest BCUT2D eigenvalue weighted by Gasteiger charge is -2.32. The van der Waals surface area contributed by atoms with Crippen molar-refractivity contribution in [2.75, 3.05) is 6.54 Å². The molecule has 25 heavy (non-hydrogen) atoms. The second kappa shape index (κ2) is 7.70. The standard InChI is InChI=1S/C19H23FN4O/c1-3-18-21-11-15-8-9-24(12-17(15)23-18)13(2)19(25)22-10-14-6-4-5-7-16(14)20/h4-7,11,13H,3,8-10,12H2,1-2H3,(H,22,25)/t13-/m0/s1. The molecule has 1 amide bonds. The molecule has 3 rings (SSSR count). The summed E-state index contributed by atoms with van der Waals surface area (Å²) in [5, 5.41) is 2.83. The molecule has 0 spiro atoms. The lowest BCUT2D eigenvalue weighted by Crippen LogP contribution is -2.47. The average Bonchev–Trinajstić information content (AvgIpc) is 2.65. The van der Waals surface area contributed by atoms with E-state index in [-0.39, 0.29) is 24.3 Å². The van der Waals surface area contributed by atoms with Crippen LogP contribution in [0.25, 0.3) is 0 Å². The Morgan fingerprint density at radius 2 is 2.20 bits per heavy atom. The maximum atomic E-state index is 13.7. The average molecular weight is 342 g/mol. The number of amides is 1. The molecular formula is C19H23FN4O. The highest BCUT2D eigenvalue weighted by atomic mass is 19.1. The van der Waals surface area contributed by atoms with Crippen molar-refractivity contribution in [1.82, 2.24) is 20.2 Å². The predicted octanol–water partition coefficient (Wildman–Crippen LogP) is 2.24. The molecule has 1 aromatic carbocycles. The fourth-order valence-electron chi connectivity index (χ4n) is 3.00. The van der Waals surface area contributed by atoms with Crippen LogP contribution in [0.3, 0.4) is 0 Å². The second-order valence-electron chi connectivity index (χ2n) is 6.32. The molecule has 2 aromatic rings. The number of benzene rings is 1. The maximum absolute atomic E-state index is 13.7. The van der Waals surface area contributed by atoms with Gasteiger partial charge in [0.05, 0.1) is 11.7 Å². The molecule has 1 aliphatic rings. The summed E-state index contributed by atoms with van der Waals surface area (Å²) in [4.78, 5) is 23.5. The van der Waals surface area contributed by atoms with Crippen molar-refractivity contribution < 1.29 is 9.18 Å². The lowest BCUT2D eigenvalue weighted by molar-refractivity contribution is -0.126. The van der Waals surface area contributed by atoms with Gasteiger partial charge in [-0.3, -0.25) is 9.69 Å². The van der Waals surface area contributed by atoms with Crippen LogP contribution in [0.2, 0.25) is 0 Å². The molecule has 0 aliphatic carbocycles. The van der Waals surface area contributed by atoms with Crippen molar-refractivity contribution in [1.29, 1.82) is 0 Å². The molecule has 0 saturated heterocycles. The van der Waals surface area contributed by atoms with Gasteiger partial charge in [-0.15, -0.1) is 0 Å². The van der Waals surface area contributed by atoms with E-state index in [1.165, 1.54) is 6.07 Å². The van der Waals surface area contributed by atoms with Gasteiger partial charge in [-0.1, -0.05) is 25.1 Å². The van der Waals surface area contributed by atoms with Gasteiger partial charge in [-0.2, -0.15) is 0 Å². The Morgan fingerprint density at radius 1 is 1.40 bits per heavy atom. The zero-order valence-corrected chi connectivity index (χ0v) is 14.6. The first kappa shape index (κ1) is 17.5. The Balaban J connectivity index is 1.61. The van der Waals surface area contributed by atoms with E-state index in [4.69, 9.17) is 0 Å². The molecular weight excluding hydrogens is 319 g/mol.